The molecule has 0 spiro atoms. The van der Waals surface area contributed by atoms with Gasteiger partial charge in [0.1, 0.15) is 23.4 Å². The molecule has 0 aliphatic carbocycles. The maximum atomic E-state index is 14.7. The van der Waals surface area contributed by atoms with Crippen LogP contribution in [0.5, 0.6) is 5.75 Å². The lowest BCUT2D eigenvalue weighted by Gasteiger charge is -2.46. The molecular weight excluding hydrogens is 518 g/mol. The van der Waals surface area contributed by atoms with Gasteiger partial charge < -0.3 is 25.0 Å². The molecule has 0 bridgehead atoms. The Balaban J connectivity index is 2.72. The maximum absolute atomic E-state index is 14.7. The number of aryl methyl sites for hydroxylation is 2. The van der Waals surface area contributed by atoms with E-state index < -0.39 is 29.3 Å². The van der Waals surface area contributed by atoms with Crippen molar-refractivity contribution in [2.75, 3.05) is 12.4 Å². The van der Waals surface area contributed by atoms with Crippen LogP contribution in [0, 0.1) is 19.8 Å². The van der Waals surface area contributed by atoms with Gasteiger partial charge in [-0.15, -0.1) is 0 Å². The monoisotopic (exact) mass is 567 g/mol. The van der Waals surface area contributed by atoms with Crippen molar-refractivity contribution >= 4 is 23.6 Å². The third kappa shape index (κ3) is 8.72. The Labute approximate surface area is 246 Å². The Morgan fingerprint density at radius 2 is 1.49 bits per heavy atom. The minimum Gasteiger partial charge on any atom is -0.497 e. The van der Waals surface area contributed by atoms with Crippen LogP contribution in [0.1, 0.15) is 91.0 Å². The van der Waals surface area contributed by atoms with Crippen molar-refractivity contribution in [1.82, 2.24) is 10.2 Å². The van der Waals surface area contributed by atoms with Gasteiger partial charge in [-0.05, 0) is 102 Å². The number of hydrogen-bond donors (Lipinski definition) is 2. The number of alkyl carbamates (subject to hydrolysis) is 1. The number of carbonyl (C=O) groups is 3. The van der Waals surface area contributed by atoms with Crippen molar-refractivity contribution in [2.45, 2.75) is 105 Å². The van der Waals surface area contributed by atoms with Crippen LogP contribution in [0.25, 0.3) is 0 Å². The van der Waals surface area contributed by atoms with Crippen LogP contribution >= 0.6 is 0 Å². The summed E-state index contributed by atoms with van der Waals surface area (Å²) < 4.78 is 10.8. The third-order valence-electron chi connectivity index (χ3n) is 7.59. The summed E-state index contributed by atoms with van der Waals surface area (Å²) in [4.78, 5) is 43.6. The summed E-state index contributed by atoms with van der Waals surface area (Å²) in [6.07, 6.45) is 0.547. The number of benzene rings is 2. The number of hydrogen-bond acceptors (Lipinski definition) is 5. The Morgan fingerprint density at radius 1 is 0.927 bits per heavy atom. The normalized spacial score (nSPS) is 13.9. The second-order valence-corrected chi connectivity index (χ2v) is 12.3. The lowest BCUT2D eigenvalue weighted by molar-refractivity contribution is -0.148. The predicted molar refractivity (Wildman–Crippen MR) is 164 cm³/mol. The molecule has 0 saturated carbocycles. The zero-order chi connectivity index (χ0) is 31.1. The van der Waals surface area contributed by atoms with Gasteiger partial charge in [-0.2, -0.15) is 0 Å². The highest BCUT2D eigenvalue weighted by molar-refractivity contribution is 5.99. The van der Waals surface area contributed by atoms with Gasteiger partial charge in [0.25, 0.3) is 5.91 Å². The van der Waals surface area contributed by atoms with E-state index in [-0.39, 0.29) is 17.7 Å². The van der Waals surface area contributed by atoms with Gasteiger partial charge in [-0.3, -0.25) is 9.59 Å². The molecule has 41 heavy (non-hydrogen) atoms. The standard InChI is InChI=1S/C33H49N3O5/c1-12-21(3)27(35-31(39)41-32(6,7)8)30(38)36(33(9,10)13-2)28(26-22(4)15-14-16-23(26)5)29(37)34-24-17-19-25(40-11)20-18-24/h14-21,27-28H,12-13H2,1-11H3,(H,34,37)(H,35,39). The van der Waals surface area contributed by atoms with E-state index in [1.807, 2.05) is 66.7 Å². The Bertz CT molecular complexity index is 1180. The number of rotatable bonds is 11. The molecule has 0 fully saturated rings. The molecule has 0 saturated heterocycles. The zero-order valence-corrected chi connectivity index (χ0v) is 26.7. The molecule has 0 aliphatic heterocycles. The summed E-state index contributed by atoms with van der Waals surface area (Å²) in [7, 11) is 1.58. The summed E-state index contributed by atoms with van der Waals surface area (Å²) in [6, 6.07) is 11.0. The molecule has 2 aromatic carbocycles. The van der Waals surface area contributed by atoms with E-state index in [1.165, 1.54) is 0 Å². The molecule has 3 atom stereocenters. The first-order valence-corrected chi connectivity index (χ1v) is 14.4. The van der Waals surface area contributed by atoms with Crippen LogP contribution in [0.3, 0.4) is 0 Å². The molecule has 0 aromatic heterocycles. The minimum absolute atomic E-state index is 0.214. The van der Waals surface area contributed by atoms with Crippen LogP contribution in [-0.2, 0) is 14.3 Å². The number of nitrogens with one attached hydrogen (secondary N) is 2. The number of anilines is 1. The highest BCUT2D eigenvalue weighted by Gasteiger charge is 2.45. The molecule has 2 rings (SSSR count). The van der Waals surface area contributed by atoms with E-state index in [4.69, 9.17) is 9.47 Å². The summed E-state index contributed by atoms with van der Waals surface area (Å²) >= 11 is 0. The van der Waals surface area contributed by atoms with Gasteiger partial charge in [0.15, 0.2) is 0 Å². The quantitative estimate of drug-likeness (QED) is 0.306. The van der Waals surface area contributed by atoms with Crippen molar-refractivity contribution < 1.29 is 23.9 Å². The average molecular weight is 568 g/mol. The van der Waals surface area contributed by atoms with Gasteiger partial charge in [0.05, 0.1) is 7.11 Å². The van der Waals surface area contributed by atoms with Gasteiger partial charge in [-0.25, -0.2) is 4.79 Å². The Morgan fingerprint density at radius 3 is 1.95 bits per heavy atom. The first-order chi connectivity index (χ1) is 19.1. The number of methoxy groups -OCH3 is 1. The number of carbonyl (C=O) groups excluding carboxylic acids is 3. The van der Waals surface area contributed by atoms with Crippen molar-refractivity contribution in [3.63, 3.8) is 0 Å². The fraction of sp³-hybridized carbons (Fsp3) is 0.545. The molecule has 0 radical (unpaired) electrons. The molecule has 8 nitrogen and oxygen atoms in total. The van der Waals surface area contributed by atoms with Crippen LogP contribution in [0.4, 0.5) is 10.5 Å². The van der Waals surface area contributed by atoms with Crippen molar-refractivity contribution in [2.24, 2.45) is 5.92 Å². The second kappa shape index (κ2) is 13.9. The molecule has 3 unspecified atom stereocenters. The smallest absolute Gasteiger partial charge is 0.408 e. The molecule has 226 valence electrons. The van der Waals surface area contributed by atoms with E-state index in [2.05, 4.69) is 10.6 Å². The number of amides is 3. The van der Waals surface area contributed by atoms with Gasteiger partial charge in [0.2, 0.25) is 5.91 Å². The molecule has 2 N–H and O–H groups in total. The second-order valence-electron chi connectivity index (χ2n) is 12.3. The lowest BCUT2D eigenvalue weighted by Crippen LogP contribution is -2.60. The first-order valence-electron chi connectivity index (χ1n) is 14.4. The van der Waals surface area contributed by atoms with Crippen LogP contribution < -0.4 is 15.4 Å². The minimum atomic E-state index is -0.965. The Hall–Kier alpha value is -3.55. The highest BCUT2D eigenvalue weighted by atomic mass is 16.6. The molecule has 3 amide bonds. The first kappa shape index (κ1) is 33.7. The van der Waals surface area contributed by atoms with Gasteiger partial charge >= 0.3 is 6.09 Å². The summed E-state index contributed by atoms with van der Waals surface area (Å²) in [5.41, 5.74) is 1.66. The SMILES string of the molecule is CCC(C)C(NC(=O)OC(C)(C)C)C(=O)N(C(C(=O)Nc1ccc(OC)cc1)c1c(C)cccc1C)C(C)(C)CC. The van der Waals surface area contributed by atoms with E-state index in [9.17, 15) is 14.4 Å². The topological polar surface area (TPSA) is 97.0 Å². The summed E-state index contributed by atoms with van der Waals surface area (Å²) in [6.45, 7) is 19.0. The van der Waals surface area contributed by atoms with Crippen LogP contribution in [-0.4, -0.2) is 47.1 Å². The van der Waals surface area contributed by atoms with E-state index in [1.54, 1.807) is 57.0 Å². The number of nitrogens with zero attached hydrogens (tertiary/aromatic N) is 1. The van der Waals surface area contributed by atoms with Crippen molar-refractivity contribution in [3.05, 3.63) is 59.2 Å². The van der Waals surface area contributed by atoms with Gasteiger partial charge in [0, 0.05) is 11.2 Å². The lowest BCUT2D eigenvalue weighted by atomic mass is 9.87. The zero-order valence-electron chi connectivity index (χ0n) is 26.7. The van der Waals surface area contributed by atoms with E-state index in [0.717, 1.165) is 16.7 Å². The molecule has 0 aliphatic rings. The van der Waals surface area contributed by atoms with Crippen LogP contribution in [0.2, 0.25) is 0 Å². The highest BCUT2D eigenvalue weighted by Crippen LogP contribution is 2.36. The Kier molecular flexibility index (Phi) is 11.4. The van der Waals surface area contributed by atoms with Crippen molar-refractivity contribution in [1.29, 1.82) is 0 Å². The summed E-state index contributed by atoms with van der Waals surface area (Å²) in [5, 5.41) is 5.87. The maximum Gasteiger partial charge on any atom is 0.408 e. The molecular formula is C33H49N3O5. The van der Waals surface area contributed by atoms with Crippen molar-refractivity contribution in [3.8, 4) is 5.75 Å². The third-order valence-corrected chi connectivity index (χ3v) is 7.59. The molecule has 0 heterocycles. The predicted octanol–water partition coefficient (Wildman–Crippen LogP) is 6.95. The largest absolute Gasteiger partial charge is 0.497 e. The van der Waals surface area contributed by atoms with Crippen LogP contribution in [0.15, 0.2) is 42.5 Å². The average Bonchev–Trinajstić information content (AvgIpc) is 2.89. The molecule has 8 heteroatoms. The number of ether oxygens (including phenoxy) is 2. The molecule has 2 aromatic rings. The fourth-order valence-electron chi connectivity index (χ4n) is 4.73. The van der Waals surface area contributed by atoms with Gasteiger partial charge in [-0.1, -0.05) is 45.4 Å². The summed E-state index contributed by atoms with van der Waals surface area (Å²) in [5.74, 6) is -0.228. The fourth-order valence-corrected chi connectivity index (χ4v) is 4.73. The van der Waals surface area contributed by atoms with E-state index in [0.29, 0.717) is 24.3 Å². The van der Waals surface area contributed by atoms with E-state index >= 15 is 0 Å².